The van der Waals surface area contributed by atoms with Crippen LogP contribution >= 0.6 is 0 Å². The number of nitrogens with two attached hydrogens (primary N) is 1. The first-order valence-corrected chi connectivity index (χ1v) is 48.6. The summed E-state index contributed by atoms with van der Waals surface area (Å²) in [6.07, 6.45) is 4.42. The van der Waals surface area contributed by atoms with E-state index in [1.165, 1.54) is 6.26 Å². The zero-order valence-electron chi connectivity index (χ0n) is 43.0. The lowest BCUT2D eigenvalue weighted by Gasteiger charge is -2.43. The van der Waals surface area contributed by atoms with E-state index in [-0.39, 0.29) is 6.09 Å². The molecule has 2 amide bonds. The second-order valence-corrected chi connectivity index (χ2v) is 58.8. The SMILES string of the molecule is C=C.C=C.C=COC(=O)NCCC[Si](O[Si](C)(C)C)(O[Si](C)(C)C)O[Si](C)(C)C.C=COC(=O)[NH2+]CCC[Si](O[Si](C)(C)C)(O[Si](C)(C)C)O[Si](C)(C)C.C=CO[Si](C)(C)C. The molecular formula is C39H95N2O11Si9+. The van der Waals surface area contributed by atoms with E-state index in [4.69, 9.17) is 33.9 Å². The van der Waals surface area contributed by atoms with Crippen LogP contribution in [-0.4, -0.2) is 101 Å². The monoisotopic (exact) mass is 1020 g/mol. The number of primary amides is 1. The fourth-order valence-corrected chi connectivity index (χ4v) is 34.6. The number of carbonyl (C=O) groups is 2. The Morgan fingerprint density at radius 2 is 0.754 bits per heavy atom. The van der Waals surface area contributed by atoms with Crippen molar-refractivity contribution in [3.63, 3.8) is 0 Å². The minimum atomic E-state index is -2.82. The molecule has 0 unspecified atom stereocenters. The molecule has 0 heterocycles. The summed E-state index contributed by atoms with van der Waals surface area (Å²) in [5.74, 6) is 0. The van der Waals surface area contributed by atoms with Crippen LogP contribution in [0.3, 0.4) is 0 Å². The first-order valence-electron chi connectivity index (χ1n) is 20.9. The van der Waals surface area contributed by atoms with Crippen molar-refractivity contribution in [1.82, 2.24) is 5.32 Å². The number of alkyl carbamates (subject to hydrolysis) is 1. The number of quaternary nitrogens is 1. The Bertz CT molecular complexity index is 1070. The van der Waals surface area contributed by atoms with Crippen molar-refractivity contribution in [2.24, 2.45) is 0 Å². The molecule has 0 radical (unpaired) electrons. The highest BCUT2D eigenvalue weighted by Gasteiger charge is 2.51. The van der Waals surface area contributed by atoms with Crippen molar-refractivity contribution in [1.29, 1.82) is 0 Å². The Kier molecular flexibility index (Phi) is 35.9. The summed E-state index contributed by atoms with van der Waals surface area (Å²) in [7, 11) is -18.0. The van der Waals surface area contributed by atoms with Gasteiger partial charge in [-0.3, -0.25) is 0 Å². The van der Waals surface area contributed by atoms with Crippen LogP contribution in [0.5, 0.6) is 0 Å². The molecule has 0 atom stereocenters. The summed E-state index contributed by atoms with van der Waals surface area (Å²) in [5, 5.41) is 4.24. The minimum absolute atomic E-state index is 0.370. The molecule has 0 saturated carbocycles. The van der Waals surface area contributed by atoms with E-state index in [2.05, 4.69) is 194 Å². The van der Waals surface area contributed by atoms with Crippen LogP contribution in [0.1, 0.15) is 12.8 Å². The Morgan fingerprint density at radius 3 is 0.984 bits per heavy atom. The summed E-state index contributed by atoms with van der Waals surface area (Å²) in [6.45, 7) is 68.7. The number of hydrogen-bond acceptors (Lipinski definition) is 11. The molecule has 3 N–H and O–H groups in total. The summed E-state index contributed by atoms with van der Waals surface area (Å²) >= 11 is 0. The van der Waals surface area contributed by atoms with Crippen molar-refractivity contribution >= 4 is 88.0 Å². The predicted molar refractivity (Wildman–Crippen MR) is 282 cm³/mol. The number of ether oxygens (including phenoxy) is 2. The molecule has 0 fully saturated rings. The molecule has 362 valence electrons. The molecule has 0 spiro atoms. The van der Waals surface area contributed by atoms with Crippen LogP contribution in [0, 0.1) is 0 Å². The lowest BCUT2D eigenvalue weighted by atomic mass is 10.5. The molecule has 0 rings (SSSR count). The minimum Gasteiger partial charge on any atom is -0.550 e. The molecule has 0 aliphatic rings. The highest BCUT2D eigenvalue weighted by atomic mass is 28.5. The molecule has 61 heavy (non-hydrogen) atoms. The third-order valence-corrected chi connectivity index (χ3v) is 30.5. The molecule has 22 heteroatoms. The van der Waals surface area contributed by atoms with Gasteiger partial charge in [-0.25, -0.2) is 10.1 Å². The Morgan fingerprint density at radius 1 is 0.459 bits per heavy atom. The first kappa shape index (κ1) is 69.0. The average molecular weight is 1020 g/mol. The van der Waals surface area contributed by atoms with Gasteiger partial charge in [0.1, 0.15) is 0 Å². The van der Waals surface area contributed by atoms with Crippen molar-refractivity contribution in [2.45, 2.75) is 162 Å². The average Bonchev–Trinajstić information content (AvgIpc) is 2.99. The van der Waals surface area contributed by atoms with Crippen LogP contribution < -0.4 is 10.6 Å². The third-order valence-electron chi connectivity index (χ3n) is 5.52. The topological polar surface area (TPSA) is 146 Å². The van der Waals surface area contributed by atoms with Gasteiger partial charge in [0.05, 0.1) is 25.3 Å². The molecule has 0 aromatic rings. The van der Waals surface area contributed by atoms with E-state index >= 15 is 0 Å². The van der Waals surface area contributed by atoms with Crippen LogP contribution in [-0.2, 0) is 38.6 Å². The van der Waals surface area contributed by atoms with E-state index in [0.717, 1.165) is 31.4 Å². The highest BCUT2D eigenvalue weighted by molar-refractivity contribution is 6.91. The molecule has 13 nitrogen and oxygen atoms in total. The lowest BCUT2D eigenvalue weighted by Crippen LogP contribution is -2.88. The lowest BCUT2D eigenvalue weighted by molar-refractivity contribution is -0.568. The van der Waals surface area contributed by atoms with Gasteiger partial charge in [-0.1, -0.05) is 19.7 Å². The van der Waals surface area contributed by atoms with E-state index in [1.54, 1.807) is 5.32 Å². The van der Waals surface area contributed by atoms with Gasteiger partial charge in [-0.15, -0.1) is 26.3 Å². The number of rotatable bonds is 24. The summed E-state index contributed by atoms with van der Waals surface area (Å²) < 4.78 is 54.0. The van der Waals surface area contributed by atoms with E-state index in [9.17, 15) is 9.59 Å². The van der Waals surface area contributed by atoms with Crippen molar-refractivity contribution in [3.8, 4) is 0 Å². The van der Waals surface area contributed by atoms with Crippen LogP contribution in [0.2, 0.25) is 150 Å². The second kappa shape index (κ2) is 31.7. The molecule has 0 saturated heterocycles. The fraction of sp³-hybridized carbons (Fsp3) is 0.692. The van der Waals surface area contributed by atoms with Crippen molar-refractivity contribution in [2.75, 3.05) is 13.1 Å². The molecular weight excluding hydrogens is 925 g/mol. The van der Waals surface area contributed by atoms with Gasteiger partial charge < -0.3 is 43.9 Å². The number of hydrogen-bond donors (Lipinski definition) is 2. The quantitative estimate of drug-likeness (QED) is 0.0412. The maximum Gasteiger partial charge on any atom is 0.517 e. The van der Waals surface area contributed by atoms with Crippen LogP contribution in [0.15, 0.2) is 64.8 Å². The Balaban J connectivity index is -0.000000276. The highest BCUT2D eigenvalue weighted by Crippen LogP contribution is 2.31. The van der Waals surface area contributed by atoms with Gasteiger partial charge in [0.25, 0.3) is 0 Å². The van der Waals surface area contributed by atoms with Crippen molar-refractivity contribution < 1.29 is 53.5 Å². The van der Waals surface area contributed by atoms with Crippen LogP contribution in [0.4, 0.5) is 9.59 Å². The Hall–Kier alpha value is -1.09. The largest absolute Gasteiger partial charge is 0.550 e. The van der Waals surface area contributed by atoms with E-state index < -0.39 is 81.9 Å². The summed E-state index contributed by atoms with van der Waals surface area (Å²) in [5.41, 5.74) is 0. The third kappa shape index (κ3) is 51.4. The standard InChI is InChI=1S/2C15H37NO5Si4.C5H12OSi.2C2H4/c2*1-11-18-15(17)16-13-12-14-25(19-22(2,3)4,20-23(5,6)7)21-24(8,9)10;1-5-6-7(2,3)4;2*1-2/h2*11H,1,12-14H2,2-10H3,(H,16,17);5H,1H2,2-4H3;2*1-2H2/p+1. The maximum absolute atomic E-state index is 11.4. The van der Waals surface area contributed by atoms with E-state index in [1.807, 2.05) is 0 Å². The molecule has 0 aromatic carbocycles. The molecule has 0 bridgehead atoms. The van der Waals surface area contributed by atoms with E-state index in [0.29, 0.717) is 19.1 Å². The van der Waals surface area contributed by atoms with Crippen LogP contribution in [0.25, 0.3) is 0 Å². The fourth-order valence-electron chi connectivity index (χ4n) is 4.76. The molecule has 0 aliphatic carbocycles. The Labute approximate surface area is 385 Å². The summed E-state index contributed by atoms with van der Waals surface area (Å²) in [4.78, 5) is 22.8. The van der Waals surface area contributed by atoms with Crippen molar-refractivity contribution in [3.05, 3.63) is 64.8 Å². The zero-order chi connectivity index (χ0) is 49.8. The number of carbonyl (C=O) groups excluding carboxylic acids is 2. The van der Waals surface area contributed by atoms with Gasteiger partial charge in [-0.05, 0) is 144 Å². The van der Waals surface area contributed by atoms with Gasteiger partial charge >= 0.3 is 29.8 Å². The van der Waals surface area contributed by atoms with Gasteiger partial charge in [-0.2, -0.15) is 4.79 Å². The first-order chi connectivity index (χ1) is 27.2. The van der Waals surface area contributed by atoms with Gasteiger partial charge in [0, 0.05) is 25.1 Å². The van der Waals surface area contributed by atoms with Gasteiger partial charge in [0.15, 0.2) is 49.9 Å². The normalized spacial score (nSPS) is 12.5. The molecule has 0 aromatic heterocycles. The number of amides is 2. The predicted octanol–water partition coefficient (Wildman–Crippen LogP) is 12.0. The molecule has 0 aliphatic heterocycles. The smallest absolute Gasteiger partial charge is 0.517 e. The summed E-state index contributed by atoms with van der Waals surface area (Å²) in [6, 6.07) is 1.42. The van der Waals surface area contributed by atoms with Gasteiger partial charge in [0.2, 0.25) is 8.32 Å². The maximum atomic E-state index is 11.4. The number of nitrogens with one attached hydrogen (secondary N) is 1. The zero-order valence-corrected chi connectivity index (χ0v) is 52.0. The second-order valence-electron chi connectivity index (χ2n) is 20.4.